The molecule has 1 heteroatoms. The molecule has 1 aliphatic carbocycles. The van der Waals surface area contributed by atoms with Crippen LogP contribution in [-0.4, -0.2) is 6.29 Å². The van der Waals surface area contributed by atoms with E-state index in [-0.39, 0.29) is 0 Å². The van der Waals surface area contributed by atoms with Crippen LogP contribution in [0.25, 0.3) is 0 Å². The number of aldehydes is 1. The summed E-state index contributed by atoms with van der Waals surface area (Å²) in [6.07, 6.45) is 10.1. The van der Waals surface area contributed by atoms with Crippen molar-refractivity contribution >= 4 is 6.29 Å². The average molecular weight is 168 g/mol. The minimum absolute atomic E-state index is 0.389. The molecule has 1 nitrogen and oxygen atoms in total. The van der Waals surface area contributed by atoms with Crippen LogP contribution in [0.5, 0.6) is 0 Å². The van der Waals surface area contributed by atoms with Crippen molar-refractivity contribution in [2.45, 2.75) is 51.9 Å². The Kier molecular flexibility index (Phi) is 4.34. The number of unbranched alkanes of at least 4 members (excludes halogenated alkanes) is 1. The average Bonchev–Trinajstić information content (AvgIpc) is 2.15. The second kappa shape index (κ2) is 5.34. The van der Waals surface area contributed by atoms with E-state index >= 15 is 0 Å². The Morgan fingerprint density at radius 1 is 1.42 bits per heavy atom. The Morgan fingerprint density at radius 3 is 2.92 bits per heavy atom. The second-order valence-corrected chi connectivity index (χ2v) is 4.07. The molecule has 0 aromatic heterocycles. The van der Waals surface area contributed by atoms with Gasteiger partial charge in [-0.3, -0.25) is 0 Å². The zero-order valence-corrected chi connectivity index (χ0v) is 8.09. The number of rotatable bonds is 4. The minimum Gasteiger partial charge on any atom is -0.303 e. The molecule has 0 heterocycles. The van der Waals surface area contributed by atoms with Gasteiger partial charge in [-0.2, -0.15) is 0 Å². The van der Waals surface area contributed by atoms with Crippen molar-refractivity contribution in [3.8, 4) is 0 Å². The van der Waals surface area contributed by atoms with Gasteiger partial charge in [0, 0.05) is 5.92 Å². The molecule has 0 bridgehead atoms. The van der Waals surface area contributed by atoms with Crippen molar-refractivity contribution in [3.63, 3.8) is 0 Å². The summed E-state index contributed by atoms with van der Waals surface area (Å²) in [6, 6.07) is 0. The highest BCUT2D eigenvalue weighted by molar-refractivity contribution is 5.53. The number of carbonyl (C=O) groups is 1. The van der Waals surface area contributed by atoms with Gasteiger partial charge in [0.1, 0.15) is 6.29 Å². The lowest BCUT2D eigenvalue weighted by molar-refractivity contribution is -0.112. The maximum Gasteiger partial charge on any atom is 0.123 e. The predicted molar refractivity (Wildman–Crippen MR) is 51.0 cm³/mol. The molecule has 2 unspecified atom stereocenters. The van der Waals surface area contributed by atoms with Gasteiger partial charge in [0.2, 0.25) is 0 Å². The summed E-state index contributed by atoms with van der Waals surface area (Å²) in [7, 11) is 0. The molecule has 1 rings (SSSR count). The van der Waals surface area contributed by atoms with Crippen LogP contribution in [0.3, 0.4) is 0 Å². The van der Waals surface area contributed by atoms with Crippen LogP contribution in [0, 0.1) is 11.8 Å². The summed E-state index contributed by atoms with van der Waals surface area (Å²) >= 11 is 0. The smallest absolute Gasteiger partial charge is 0.123 e. The first-order chi connectivity index (χ1) is 5.86. The number of hydrogen-bond donors (Lipinski definition) is 0. The van der Waals surface area contributed by atoms with Crippen LogP contribution >= 0.6 is 0 Å². The van der Waals surface area contributed by atoms with Gasteiger partial charge in [-0.1, -0.05) is 39.0 Å². The molecule has 0 saturated heterocycles. The molecule has 0 aliphatic heterocycles. The fourth-order valence-electron chi connectivity index (χ4n) is 2.21. The van der Waals surface area contributed by atoms with Crippen molar-refractivity contribution in [3.05, 3.63) is 0 Å². The van der Waals surface area contributed by atoms with E-state index < -0.39 is 0 Å². The highest BCUT2D eigenvalue weighted by atomic mass is 16.1. The van der Waals surface area contributed by atoms with Gasteiger partial charge in [-0.25, -0.2) is 0 Å². The van der Waals surface area contributed by atoms with E-state index in [1.807, 2.05) is 0 Å². The molecule has 12 heavy (non-hydrogen) atoms. The number of carbonyl (C=O) groups excluding carboxylic acids is 1. The SMILES string of the molecule is CCCCC1CCCC(C=O)C1. The molecule has 0 N–H and O–H groups in total. The van der Waals surface area contributed by atoms with Crippen LogP contribution < -0.4 is 0 Å². The van der Waals surface area contributed by atoms with Crippen molar-refractivity contribution in [2.24, 2.45) is 11.8 Å². The lowest BCUT2D eigenvalue weighted by Gasteiger charge is -2.25. The molecule has 70 valence electrons. The molecule has 1 aliphatic rings. The van der Waals surface area contributed by atoms with Gasteiger partial charge in [-0.15, -0.1) is 0 Å². The summed E-state index contributed by atoms with van der Waals surface area (Å²) in [6.45, 7) is 2.24. The van der Waals surface area contributed by atoms with Gasteiger partial charge < -0.3 is 4.79 Å². The molecular formula is C11H20O. The van der Waals surface area contributed by atoms with E-state index in [2.05, 4.69) is 6.92 Å². The summed E-state index contributed by atoms with van der Waals surface area (Å²) in [5.74, 6) is 1.24. The molecule has 1 saturated carbocycles. The van der Waals surface area contributed by atoms with Crippen LogP contribution in [0.2, 0.25) is 0 Å². The van der Waals surface area contributed by atoms with Crippen LogP contribution in [-0.2, 0) is 4.79 Å². The molecule has 0 radical (unpaired) electrons. The molecular weight excluding hydrogens is 148 g/mol. The number of hydrogen-bond acceptors (Lipinski definition) is 1. The Bertz CT molecular complexity index is 131. The van der Waals surface area contributed by atoms with Crippen molar-refractivity contribution in [1.29, 1.82) is 0 Å². The van der Waals surface area contributed by atoms with E-state index in [9.17, 15) is 4.79 Å². The van der Waals surface area contributed by atoms with Crippen LogP contribution in [0.4, 0.5) is 0 Å². The van der Waals surface area contributed by atoms with E-state index in [1.165, 1.54) is 38.5 Å². The van der Waals surface area contributed by atoms with Gasteiger partial charge in [-0.05, 0) is 18.8 Å². The van der Waals surface area contributed by atoms with Gasteiger partial charge in [0.05, 0.1) is 0 Å². The van der Waals surface area contributed by atoms with Crippen molar-refractivity contribution in [1.82, 2.24) is 0 Å². The highest BCUT2D eigenvalue weighted by Gasteiger charge is 2.20. The summed E-state index contributed by atoms with van der Waals surface area (Å²) < 4.78 is 0. The highest BCUT2D eigenvalue weighted by Crippen LogP contribution is 2.30. The Hall–Kier alpha value is -0.330. The normalized spacial score (nSPS) is 30.1. The third kappa shape index (κ3) is 2.96. The molecule has 0 amide bonds. The molecule has 1 fully saturated rings. The van der Waals surface area contributed by atoms with E-state index in [4.69, 9.17) is 0 Å². The van der Waals surface area contributed by atoms with Crippen molar-refractivity contribution in [2.75, 3.05) is 0 Å². The third-order valence-electron chi connectivity index (χ3n) is 2.98. The maximum atomic E-state index is 10.6. The zero-order chi connectivity index (χ0) is 8.81. The fraction of sp³-hybridized carbons (Fsp3) is 0.909. The fourth-order valence-corrected chi connectivity index (χ4v) is 2.21. The minimum atomic E-state index is 0.389. The molecule has 0 aromatic rings. The first-order valence-electron chi connectivity index (χ1n) is 5.32. The summed E-state index contributed by atoms with van der Waals surface area (Å²) in [5, 5.41) is 0. The lowest BCUT2D eigenvalue weighted by Crippen LogP contribution is -2.16. The van der Waals surface area contributed by atoms with E-state index in [1.54, 1.807) is 0 Å². The van der Waals surface area contributed by atoms with E-state index in [0.717, 1.165) is 18.6 Å². The van der Waals surface area contributed by atoms with Gasteiger partial charge >= 0.3 is 0 Å². The van der Waals surface area contributed by atoms with Crippen LogP contribution in [0.1, 0.15) is 51.9 Å². The van der Waals surface area contributed by atoms with Gasteiger partial charge in [0.25, 0.3) is 0 Å². The Labute approximate surface area is 75.5 Å². The first-order valence-corrected chi connectivity index (χ1v) is 5.32. The summed E-state index contributed by atoms with van der Waals surface area (Å²) in [4.78, 5) is 10.6. The third-order valence-corrected chi connectivity index (χ3v) is 2.98. The summed E-state index contributed by atoms with van der Waals surface area (Å²) in [5.41, 5.74) is 0. The molecule has 2 atom stereocenters. The Morgan fingerprint density at radius 2 is 2.25 bits per heavy atom. The second-order valence-electron chi connectivity index (χ2n) is 4.07. The van der Waals surface area contributed by atoms with Crippen molar-refractivity contribution < 1.29 is 4.79 Å². The quantitative estimate of drug-likeness (QED) is 0.589. The Balaban J connectivity index is 2.20. The van der Waals surface area contributed by atoms with Crippen LogP contribution in [0.15, 0.2) is 0 Å². The monoisotopic (exact) mass is 168 g/mol. The first kappa shape index (κ1) is 9.76. The topological polar surface area (TPSA) is 17.1 Å². The molecule has 0 spiro atoms. The molecule has 0 aromatic carbocycles. The predicted octanol–water partition coefficient (Wildman–Crippen LogP) is 3.18. The standard InChI is InChI=1S/C11H20O/c1-2-3-5-10-6-4-7-11(8-10)9-12/h9-11H,2-8H2,1H3. The lowest BCUT2D eigenvalue weighted by atomic mass is 9.80. The van der Waals surface area contributed by atoms with Gasteiger partial charge in [0.15, 0.2) is 0 Å². The largest absolute Gasteiger partial charge is 0.303 e. The zero-order valence-electron chi connectivity index (χ0n) is 8.09. The maximum absolute atomic E-state index is 10.6. The van der Waals surface area contributed by atoms with E-state index in [0.29, 0.717) is 5.92 Å².